The highest BCUT2D eigenvalue weighted by molar-refractivity contribution is 6.34. The Kier molecular flexibility index (Phi) is 3.81. The van der Waals surface area contributed by atoms with Gasteiger partial charge < -0.3 is 10.6 Å². The summed E-state index contributed by atoms with van der Waals surface area (Å²) in [4.78, 5) is 2.31. The highest BCUT2D eigenvalue weighted by Gasteiger charge is 2.24. The van der Waals surface area contributed by atoms with Gasteiger partial charge in [-0.05, 0) is 30.4 Å². The lowest BCUT2D eigenvalue weighted by Gasteiger charge is -2.37. The van der Waals surface area contributed by atoms with Crippen molar-refractivity contribution in [1.29, 1.82) is 5.41 Å². The molecule has 2 atom stereocenters. The van der Waals surface area contributed by atoms with Gasteiger partial charge in [-0.1, -0.05) is 31.5 Å². The second-order valence-corrected chi connectivity index (χ2v) is 5.81. The van der Waals surface area contributed by atoms with E-state index in [2.05, 4.69) is 18.7 Å². The quantitative estimate of drug-likeness (QED) is 0.638. The molecule has 2 rings (SSSR count). The van der Waals surface area contributed by atoms with E-state index in [1.54, 1.807) is 6.07 Å². The fraction of sp³-hybridized carbons (Fsp3) is 0.500. The van der Waals surface area contributed by atoms with E-state index in [0.29, 0.717) is 22.4 Å². The lowest BCUT2D eigenvalue weighted by Crippen LogP contribution is -2.39. The van der Waals surface area contributed by atoms with Gasteiger partial charge in [0.1, 0.15) is 5.84 Å². The molecule has 0 aromatic heterocycles. The van der Waals surface area contributed by atoms with Crippen molar-refractivity contribution in [1.82, 2.24) is 0 Å². The maximum Gasteiger partial charge on any atom is 0.126 e. The molecule has 0 spiro atoms. The molecular formula is C14H20ClN3. The standard InChI is InChI=1S/C14H20ClN3/c1-9-6-10(2)8-18(7-9)12-5-3-4-11(15)13(12)14(16)17/h3-5,9-10H,6-8H2,1-2H3,(H3,16,17). The van der Waals surface area contributed by atoms with Crippen LogP contribution in [0.4, 0.5) is 5.69 Å². The SMILES string of the molecule is CC1CC(C)CN(c2cccc(Cl)c2C(=N)N)C1. The smallest absolute Gasteiger partial charge is 0.126 e. The summed E-state index contributed by atoms with van der Waals surface area (Å²) in [5.41, 5.74) is 7.32. The van der Waals surface area contributed by atoms with E-state index in [9.17, 15) is 0 Å². The summed E-state index contributed by atoms with van der Waals surface area (Å²) in [6, 6.07) is 5.72. The number of anilines is 1. The molecule has 98 valence electrons. The van der Waals surface area contributed by atoms with Crippen molar-refractivity contribution in [3.8, 4) is 0 Å². The number of nitrogen functional groups attached to an aromatic ring is 1. The van der Waals surface area contributed by atoms with Crippen LogP contribution in [0.15, 0.2) is 18.2 Å². The van der Waals surface area contributed by atoms with Gasteiger partial charge in [0.25, 0.3) is 0 Å². The summed E-state index contributed by atoms with van der Waals surface area (Å²) in [6.45, 7) is 6.54. The van der Waals surface area contributed by atoms with Crippen LogP contribution in [0, 0.1) is 17.2 Å². The van der Waals surface area contributed by atoms with E-state index < -0.39 is 0 Å². The number of hydrogen-bond acceptors (Lipinski definition) is 2. The largest absolute Gasteiger partial charge is 0.384 e. The van der Waals surface area contributed by atoms with Crippen molar-refractivity contribution >= 4 is 23.1 Å². The number of amidine groups is 1. The summed E-state index contributed by atoms with van der Waals surface area (Å²) in [5.74, 6) is 1.36. The fourth-order valence-corrected chi connectivity index (χ4v) is 3.17. The Bertz CT molecular complexity index is 448. The van der Waals surface area contributed by atoms with E-state index in [0.717, 1.165) is 18.8 Å². The second kappa shape index (κ2) is 5.19. The molecule has 3 N–H and O–H groups in total. The van der Waals surface area contributed by atoms with E-state index in [4.69, 9.17) is 22.7 Å². The van der Waals surface area contributed by atoms with Crippen LogP contribution < -0.4 is 10.6 Å². The first-order valence-electron chi connectivity index (χ1n) is 6.37. The van der Waals surface area contributed by atoms with Crippen LogP contribution in [0.2, 0.25) is 5.02 Å². The number of piperidine rings is 1. The average Bonchev–Trinajstić information content (AvgIpc) is 2.26. The molecule has 2 unspecified atom stereocenters. The van der Waals surface area contributed by atoms with Crippen LogP contribution in [0.5, 0.6) is 0 Å². The van der Waals surface area contributed by atoms with Gasteiger partial charge in [-0.15, -0.1) is 0 Å². The molecule has 1 aliphatic heterocycles. The van der Waals surface area contributed by atoms with Crippen molar-refractivity contribution in [3.05, 3.63) is 28.8 Å². The Balaban J connectivity index is 2.38. The molecule has 18 heavy (non-hydrogen) atoms. The molecule has 0 radical (unpaired) electrons. The molecular weight excluding hydrogens is 246 g/mol. The Labute approximate surface area is 113 Å². The highest BCUT2D eigenvalue weighted by atomic mass is 35.5. The Morgan fingerprint density at radius 3 is 2.50 bits per heavy atom. The van der Waals surface area contributed by atoms with Crippen molar-refractivity contribution in [2.45, 2.75) is 20.3 Å². The topological polar surface area (TPSA) is 53.1 Å². The third-order valence-electron chi connectivity index (χ3n) is 3.47. The number of nitrogens with two attached hydrogens (primary N) is 1. The van der Waals surface area contributed by atoms with Crippen LogP contribution >= 0.6 is 11.6 Å². The molecule has 1 fully saturated rings. The molecule has 3 nitrogen and oxygen atoms in total. The molecule has 1 saturated heterocycles. The van der Waals surface area contributed by atoms with E-state index in [1.165, 1.54) is 6.42 Å². The number of nitrogens with zero attached hydrogens (tertiary/aromatic N) is 1. The molecule has 1 aliphatic rings. The zero-order valence-electron chi connectivity index (χ0n) is 10.9. The minimum Gasteiger partial charge on any atom is -0.384 e. The Morgan fingerprint density at radius 1 is 1.33 bits per heavy atom. The van der Waals surface area contributed by atoms with Gasteiger partial charge in [-0.3, -0.25) is 5.41 Å². The number of hydrogen-bond donors (Lipinski definition) is 2. The van der Waals surface area contributed by atoms with E-state index in [-0.39, 0.29) is 5.84 Å². The number of halogens is 1. The van der Waals surface area contributed by atoms with Gasteiger partial charge in [0.15, 0.2) is 0 Å². The van der Waals surface area contributed by atoms with Gasteiger partial charge in [0, 0.05) is 18.8 Å². The molecule has 0 bridgehead atoms. The molecule has 0 aliphatic carbocycles. The Morgan fingerprint density at radius 2 is 1.94 bits per heavy atom. The molecule has 1 aromatic carbocycles. The van der Waals surface area contributed by atoms with Crippen molar-refractivity contribution in [2.24, 2.45) is 17.6 Å². The zero-order valence-corrected chi connectivity index (χ0v) is 11.7. The third-order valence-corrected chi connectivity index (χ3v) is 3.79. The summed E-state index contributed by atoms with van der Waals surface area (Å²) in [5, 5.41) is 8.26. The molecule has 4 heteroatoms. The first kappa shape index (κ1) is 13.2. The van der Waals surface area contributed by atoms with Crippen molar-refractivity contribution < 1.29 is 0 Å². The van der Waals surface area contributed by atoms with Gasteiger partial charge in [0.2, 0.25) is 0 Å². The summed E-state index contributed by atoms with van der Waals surface area (Å²) in [7, 11) is 0. The number of rotatable bonds is 2. The predicted molar refractivity (Wildman–Crippen MR) is 77.6 cm³/mol. The zero-order chi connectivity index (χ0) is 13.3. The maximum atomic E-state index is 7.70. The number of nitrogens with one attached hydrogen (secondary N) is 1. The Hall–Kier alpha value is -1.22. The van der Waals surface area contributed by atoms with Gasteiger partial charge >= 0.3 is 0 Å². The van der Waals surface area contributed by atoms with Crippen LogP contribution in [0.3, 0.4) is 0 Å². The summed E-state index contributed by atoms with van der Waals surface area (Å²) < 4.78 is 0. The minimum absolute atomic E-state index is 0.0430. The first-order valence-corrected chi connectivity index (χ1v) is 6.74. The summed E-state index contributed by atoms with van der Waals surface area (Å²) >= 11 is 6.17. The molecule has 0 saturated carbocycles. The lowest BCUT2D eigenvalue weighted by molar-refractivity contribution is 0.357. The van der Waals surface area contributed by atoms with Gasteiger partial charge in [-0.25, -0.2) is 0 Å². The second-order valence-electron chi connectivity index (χ2n) is 5.40. The maximum absolute atomic E-state index is 7.70. The van der Waals surface area contributed by atoms with Gasteiger partial charge in [0.05, 0.1) is 10.6 Å². The fourth-order valence-electron chi connectivity index (χ4n) is 2.90. The van der Waals surface area contributed by atoms with E-state index >= 15 is 0 Å². The average molecular weight is 266 g/mol. The molecule has 0 amide bonds. The summed E-state index contributed by atoms with van der Waals surface area (Å²) in [6.07, 6.45) is 1.26. The van der Waals surface area contributed by atoms with Crippen LogP contribution in [-0.4, -0.2) is 18.9 Å². The molecule has 1 aromatic rings. The minimum atomic E-state index is 0.0430. The van der Waals surface area contributed by atoms with E-state index in [1.807, 2.05) is 12.1 Å². The van der Waals surface area contributed by atoms with Gasteiger partial charge in [-0.2, -0.15) is 0 Å². The molecule has 1 heterocycles. The highest BCUT2D eigenvalue weighted by Crippen LogP contribution is 2.31. The normalized spacial score (nSPS) is 24.1. The van der Waals surface area contributed by atoms with Crippen molar-refractivity contribution in [2.75, 3.05) is 18.0 Å². The predicted octanol–water partition coefficient (Wildman–Crippen LogP) is 3.11. The first-order chi connectivity index (χ1) is 8.49. The monoisotopic (exact) mass is 265 g/mol. The van der Waals surface area contributed by atoms with Crippen LogP contribution in [-0.2, 0) is 0 Å². The lowest BCUT2D eigenvalue weighted by atomic mass is 9.91. The third kappa shape index (κ3) is 2.61. The number of benzene rings is 1. The van der Waals surface area contributed by atoms with Crippen LogP contribution in [0.1, 0.15) is 25.8 Å². The van der Waals surface area contributed by atoms with Crippen molar-refractivity contribution in [3.63, 3.8) is 0 Å². The van der Waals surface area contributed by atoms with Crippen LogP contribution in [0.25, 0.3) is 0 Å².